The van der Waals surface area contributed by atoms with Crippen LogP contribution in [0.2, 0.25) is 0 Å². The van der Waals surface area contributed by atoms with Crippen molar-refractivity contribution in [2.75, 3.05) is 0 Å². The van der Waals surface area contributed by atoms with Crippen molar-refractivity contribution in [2.45, 2.75) is 52.6 Å². The fourth-order valence-corrected chi connectivity index (χ4v) is 2.15. The fourth-order valence-electron chi connectivity index (χ4n) is 2.15. The van der Waals surface area contributed by atoms with Gasteiger partial charge in [-0.2, -0.15) is 0 Å². The third-order valence-corrected chi connectivity index (χ3v) is 4.00. The summed E-state index contributed by atoms with van der Waals surface area (Å²) in [6.07, 6.45) is 2.18. The summed E-state index contributed by atoms with van der Waals surface area (Å²) < 4.78 is 1.31. The van der Waals surface area contributed by atoms with Crippen LogP contribution in [0.15, 0.2) is 23.1 Å². The Bertz CT molecular complexity index is 619. The zero-order valence-electron chi connectivity index (χ0n) is 13.7. The Balaban J connectivity index is 3.08. The molecule has 0 fully saturated rings. The molecule has 2 unspecified atom stereocenters. The van der Waals surface area contributed by atoms with Crippen LogP contribution < -0.4 is 10.9 Å². The van der Waals surface area contributed by atoms with Gasteiger partial charge in [0.15, 0.2) is 0 Å². The number of carboxylic acid groups (broad SMARTS) is 1. The van der Waals surface area contributed by atoms with Crippen molar-refractivity contribution in [1.29, 1.82) is 0 Å². The van der Waals surface area contributed by atoms with Crippen molar-refractivity contribution in [2.24, 2.45) is 5.92 Å². The quantitative estimate of drug-likeness (QED) is 0.833. The number of hydrogen-bond acceptors (Lipinski definition) is 3. The Morgan fingerprint density at radius 3 is 2.45 bits per heavy atom. The molecule has 0 saturated heterocycles. The lowest BCUT2D eigenvalue weighted by atomic mass is 9.96. The van der Waals surface area contributed by atoms with Crippen LogP contribution in [-0.4, -0.2) is 27.6 Å². The van der Waals surface area contributed by atoms with Gasteiger partial charge in [-0.25, -0.2) is 4.79 Å². The Morgan fingerprint density at radius 1 is 1.41 bits per heavy atom. The van der Waals surface area contributed by atoms with Crippen LogP contribution in [0.1, 0.15) is 39.7 Å². The molecule has 1 amide bonds. The molecule has 6 nitrogen and oxygen atoms in total. The second-order valence-corrected chi connectivity index (χ2v) is 6.15. The standard InChI is InChI=1S/C16H24N2O4/c1-6-11(3)13(14(20)21)17-15(22)16(4,5)18-8-7-10(2)9-12(18)19/h7-9,11,13H,6H2,1-5H3,(H,17,22)(H,20,21). The average molecular weight is 308 g/mol. The maximum atomic E-state index is 12.5. The predicted octanol–water partition coefficient (Wildman–Crippen LogP) is 1.51. The van der Waals surface area contributed by atoms with Gasteiger partial charge in [0.25, 0.3) is 5.56 Å². The van der Waals surface area contributed by atoms with Crippen LogP contribution in [-0.2, 0) is 15.1 Å². The fraction of sp³-hybridized carbons (Fsp3) is 0.562. The highest BCUT2D eigenvalue weighted by Gasteiger charge is 2.35. The molecule has 1 aromatic heterocycles. The largest absolute Gasteiger partial charge is 0.480 e. The van der Waals surface area contributed by atoms with E-state index in [4.69, 9.17) is 0 Å². The molecule has 0 radical (unpaired) electrons. The van der Waals surface area contributed by atoms with E-state index in [2.05, 4.69) is 5.32 Å². The molecule has 1 rings (SSSR count). The van der Waals surface area contributed by atoms with Gasteiger partial charge in [-0.3, -0.25) is 9.59 Å². The lowest BCUT2D eigenvalue weighted by molar-refractivity contribution is -0.144. The second-order valence-electron chi connectivity index (χ2n) is 6.15. The first-order valence-electron chi connectivity index (χ1n) is 7.34. The number of nitrogens with one attached hydrogen (secondary N) is 1. The van der Waals surface area contributed by atoms with Crippen molar-refractivity contribution in [1.82, 2.24) is 9.88 Å². The number of carbonyl (C=O) groups is 2. The number of aryl methyl sites for hydroxylation is 1. The molecule has 0 aliphatic carbocycles. The number of amides is 1. The molecule has 1 heterocycles. The number of nitrogens with zero attached hydrogens (tertiary/aromatic N) is 1. The molecule has 0 saturated carbocycles. The van der Waals surface area contributed by atoms with Crippen LogP contribution in [0.5, 0.6) is 0 Å². The summed E-state index contributed by atoms with van der Waals surface area (Å²) in [6, 6.07) is 2.20. The Morgan fingerprint density at radius 2 is 2.00 bits per heavy atom. The Labute approximate surface area is 130 Å². The highest BCUT2D eigenvalue weighted by atomic mass is 16.4. The van der Waals surface area contributed by atoms with Crippen LogP contribution in [0.3, 0.4) is 0 Å². The lowest BCUT2D eigenvalue weighted by Gasteiger charge is -2.29. The third kappa shape index (κ3) is 3.75. The highest BCUT2D eigenvalue weighted by molar-refractivity contribution is 5.88. The smallest absolute Gasteiger partial charge is 0.326 e. The van der Waals surface area contributed by atoms with Gasteiger partial charge in [0.05, 0.1) is 0 Å². The first kappa shape index (κ1) is 17.9. The minimum atomic E-state index is -1.17. The number of rotatable bonds is 6. The van der Waals surface area contributed by atoms with Crippen LogP contribution in [0, 0.1) is 12.8 Å². The van der Waals surface area contributed by atoms with Gasteiger partial charge in [-0.05, 0) is 38.3 Å². The second kappa shape index (κ2) is 6.77. The zero-order valence-corrected chi connectivity index (χ0v) is 13.7. The molecule has 2 N–H and O–H groups in total. The lowest BCUT2D eigenvalue weighted by Crippen LogP contribution is -2.54. The minimum absolute atomic E-state index is 0.202. The van der Waals surface area contributed by atoms with Crippen LogP contribution >= 0.6 is 0 Å². The maximum absolute atomic E-state index is 12.5. The third-order valence-electron chi connectivity index (χ3n) is 4.00. The Kier molecular flexibility index (Phi) is 5.52. The highest BCUT2D eigenvalue weighted by Crippen LogP contribution is 2.16. The SMILES string of the molecule is CCC(C)C(NC(=O)C(C)(C)n1ccc(C)cc1=O)C(=O)O. The van der Waals surface area contributed by atoms with E-state index in [1.807, 2.05) is 6.92 Å². The normalized spacial score (nSPS) is 14.2. The van der Waals surface area contributed by atoms with E-state index in [-0.39, 0.29) is 11.5 Å². The summed E-state index contributed by atoms with van der Waals surface area (Å²) in [4.78, 5) is 35.9. The van der Waals surface area contributed by atoms with Crippen molar-refractivity contribution in [3.8, 4) is 0 Å². The number of pyridine rings is 1. The first-order valence-corrected chi connectivity index (χ1v) is 7.34. The van der Waals surface area contributed by atoms with E-state index in [1.165, 1.54) is 10.6 Å². The number of aromatic nitrogens is 1. The maximum Gasteiger partial charge on any atom is 0.326 e. The molecule has 6 heteroatoms. The van der Waals surface area contributed by atoms with Gasteiger partial charge in [0.2, 0.25) is 5.91 Å². The van der Waals surface area contributed by atoms with Crippen molar-refractivity contribution < 1.29 is 14.7 Å². The zero-order chi connectivity index (χ0) is 17.1. The summed E-state index contributed by atoms with van der Waals surface area (Å²) in [5.41, 5.74) is -0.664. The average Bonchev–Trinajstić information content (AvgIpc) is 2.42. The molecule has 0 aliphatic heterocycles. The van der Waals surface area contributed by atoms with Crippen molar-refractivity contribution in [3.63, 3.8) is 0 Å². The van der Waals surface area contributed by atoms with E-state index in [9.17, 15) is 19.5 Å². The molecule has 0 aliphatic rings. The topological polar surface area (TPSA) is 88.4 Å². The number of carbonyl (C=O) groups excluding carboxylic acids is 1. The first-order chi connectivity index (χ1) is 10.1. The number of aliphatic carboxylic acids is 1. The number of hydrogen-bond donors (Lipinski definition) is 2. The summed E-state index contributed by atoms with van der Waals surface area (Å²) in [5, 5.41) is 11.8. The Hall–Kier alpha value is -2.11. The van der Waals surface area contributed by atoms with E-state index in [1.54, 1.807) is 40.0 Å². The summed E-state index contributed by atoms with van der Waals surface area (Å²) in [6.45, 7) is 8.61. The molecule has 0 bridgehead atoms. The van der Waals surface area contributed by atoms with E-state index in [0.29, 0.717) is 6.42 Å². The van der Waals surface area contributed by atoms with E-state index < -0.39 is 23.5 Å². The summed E-state index contributed by atoms with van der Waals surface area (Å²) in [7, 11) is 0. The monoisotopic (exact) mass is 308 g/mol. The van der Waals surface area contributed by atoms with Crippen molar-refractivity contribution in [3.05, 3.63) is 34.2 Å². The predicted molar refractivity (Wildman–Crippen MR) is 83.8 cm³/mol. The van der Waals surface area contributed by atoms with Crippen LogP contribution in [0.4, 0.5) is 0 Å². The molecule has 0 spiro atoms. The van der Waals surface area contributed by atoms with Gasteiger partial charge in [-0.15, -0.1) is 0 Å². The van der Waals surface area contributed by atoms with Gasteiger partial charge in [-0.1, -0.05) is 20.3 Å². The molecular weight excluding hydrogens is 284 g/mol. The van der Waals surface area contributed by atoms with Crippen molar-refractivity contribution >= 4 is 11.9 Å². The van der Waals surface area contributed by atoms with Gasteiger partial charge >= 0.3 is 5.97 Å². The van der Waals surface area contributed by atoms with E-state index >= 15 is 0 Å². The van der Waals surface area contributed by atoms with Gasteiger partial charge in [0, 0.05) is 12.3 Å². The minimum Gasteiger partial charge on any atom is -0.480 e. The molecular formula is C16H24N2O4. The number of carboxylic acids is 1. The molecule has 122 valence electrons. The molecule has 1 aromatic rings. The summed E-state index contributed by atoms with van der Waals surface area (Å²) >= 11 is 0. The summed E-state index contributed by atoms with van der Waals surface area (Å²) in [5.74, 6) is -1.77. The molecule has 22 heavy (non-hydrogen) atoms. The molecule has 2 atom stereocenters. The molecule has 0 aromatic carbocycles. The van der Waals surface area contributed by atoms with E-state index in [0.717, 1.165) is 5.56 Å². The van der Waals surface area contributed by atoms with Crippen LogP contribution in [0.25, 0.3) is 0 Å². The van der Waals surface area contributed by atoms with Gasteiger partial charge in [0.1, 0.15) is 11.6 Å². The van der Waals surface area contributed by atoms with Gasteiger partial charge < -0.3 is 15.0 Å².